The van der Waals surface area contributed by atoms with Crippen LogP contribution in [-0.4, -0.2) is 46.0 Å². The van der Waals surface area contributed by atoms with Gasteiger partial charge in [0.05, 0.1) is 21.2 Å². The van der Waals surface area contributed by atoms with Crippen molar-refractivity contribution in [1.29, 1.82) is 0 Å². The molecule has 1 aliphatic rings. The zero-order valence-electron chi connectivity index (χ0n) is 15.9. The Hall–Kier alpha value is -2.66. The summed E-state index contributed by atoms with van der Waals surface area (Å²) in [5.41, 5.74) is -1.55. The lowest BCUT2D eigenvalue weighted by Gasteiger charge is -2.26. The third-order valence-electron chi connectivity index (χ3n) is 4.72. The normalized spacial score (nSPS) is 15.1. The first-order valence-corrected chi connectivity index (χ1v) is 9.73. The highest BCUT2D eigenvalue weighted by atomic mass is 35.5. The van der Waals surface area contributed by atoms with Crippen molar-refractivity contribution in [1.82, 2.24) is 14.9 Å². The molecule has 1 saturated heterocycles. The number of nitro groups is 1. The lowest BCUT2D eigenvalue weighted by Crippen LogP contribution is -2.33. The van der Waals surface area contributed by atoms with Gasteiger partial charge >= 0.3 is 11.9 Å². The molecule has 0 amide bonds. The van der Waals surface area contributed by atoms with Crippen LogP contribution < -0.4 is 10.6 Å². The highest BCUT2D eigenvalue weighted by Crippen LogP contribution is 2.37. The fourth-order valence-electron chi connectivity index (χ4n) is 3.21. The molecule has 1 aromatic heterocycles. The number of hydrogen-bond donors (Lipinski definition) is 2. The zero-order chi connectivity index (χ0) is 21.7. The predicted octanol–water partition coefficient (Wildman–Crippen LogP) is 4.70. The van der Waals surface area contributed by atoms with Crippen LogP contribution in [0.25, 0.3) is 0 Å². The van der Waals surface area contributed by atoms with Crippen LogP contribution in [0.2, 0.25) is 5.02 Å². The number of aromatic nitrogens is 2. The molecule has 8 nitrogen and oxygen atoms in total. The summed E-state index contributed by atoms with van der Waals surface area (Å²) in [7, 11) is 0. The Bertz CT molecular complexity index is 906. The Morgan fingerprint density at radius 2 is 1.87 bits per heavy atom. The number of hydrogen-bond acceptors (Lipinski definition) is 7. The Labute approximate surface area is 175 Å². The minimum Gasteiger partial charge on any atom is -0.363 e. The van der Waals surface area contributed by atoms with Crippen molar-refractivity contribution in [2.45, 2.75) is 25.4 Å². The number of likely N-dealkylation sites (tertiary alicyclic amines) is 1. The van der Waals surface area contributed by atoms with E-state index in [-0.39, 0.29) is 22.3 Å². The number of halogens is 4. The minimum absolute atomic E-state index is 0.0161. The summed E-state index contributed by atoms with van der Waals surface area (Å²) >= 11 is 5.97. The third-order valence-corrected chi connectivity index (χ3v) is 5.05. The fourth-order valence-corrected chi connectivity index (χ4v) is 3.38. The van der Waals surface area contributed by atoms with Crippen molar-refractivity contribution >= 4 is 34.6 Å². The molecular formula is C18H20ClF3N6O2. The van der Waals surface area contributed by atoms with Crippen LogP contribution in [0.4, 0.5) is 36.2 Å². The van der Waals surface area contributed by atoms with Gasteiger partial charge in [0, 0.05) is 13.1 Å². The molecule has 0 aliphatic carbocycles. The Morgan fingerprint density at radius 3 is 2.53 bits per heavy atom. The first kappa shape index (κ1) is 22.0. The quantitative estimate of drug-likeness (QED) is 0.472. The van der Waals surface area contributed by atoms with Crippen LogP contribution in [0, 0.1) is 10.1 Å². The van der Waals surface area contributed by atoms with Crippen LogP contribution in [0.1, 0.15) is 24.8 Å². The van der Waals surface area contributed by atoms with Gasteiger partial charge in [-0.15, -0.1) is 0 Å². The van der Waals surface area contributed by atoms with E-state index in [9.17, 15) is 23.3 Å². The standard InChI is InChI=1S/C18H20ClF3N6O2/c19-13-5-4-12(18(20,21)22)10-14(13)26-17-15(28(29)30)16(24-11-25-17)23-6-9-27-7-2-1-3-8-27/h4-5,10-11H,1-3,6-9H2,(H2,23,24,25,26). The van der Waals surface area contributed by atoms with E-state index in [4.69, 9.17) is 11.6 Å². The van der Waals surface area contributed by atoms with Crippen LogP contribution in [0.3, 0.4) is 0 Å². The van der Waals surface area contributed by atoms with E-state index >= 15 is 0 Å². The molecule has 2 aromatic rings. The molecule has 0 spiro atoms. The average Bonchev–Trinajstić information content (AvgIpc) is 2.69. The van der Waals surface area contributed by atoms with Gasteiger partial charge in [-0.25, -0.2) is 9.97 Å². The third kappa shape index (κ3) is 5.48. The number of rotatable bonds is 7. The van der Waals surface area contributed by atoms with Crippen molar-refractivity contribution in [3.63, 3.8) is 0 Å². The van der Waals surface area contributed by atoms with E-state index < -0.39 is 22.4 Å². The predicted molar refractivity (Wildman–Crippen MR) is 107 cm³/mol. The van der Waals surface area contributed by atoms with E-state index in [1.807, 2.05) is 0 Å². The fraction of sp³-hybridized carbons (Fsp3) is 0.444. The minimum atomic E-state index is -4.58. The number of nitrogens with zero attached hydrogens (tertiary/aromatic N) is 4. The molecule has 1 aliphatic heterocycles. The van der Waals surface area contributed by atoms with Gasteiger partial charge in [0.1, 0.15) is 6.33 Å². The van der Waals surface area contributed by atoms with E-state index in [0.717, 1.165) is 50.5 Å². The van der Waals surface area contributed by atoms with Crippen molar-refractivity contribution in [2.75, 3.05) is 36.8 Å². The highest BCUT2D eigenvalue weighted by molar-refractivity contribution is 6.33. The summed E-state index contributed by atoms with van der Waals surface area (Å²) in [6.45, 7) is 3.09. The smallest absolute Gasteiger partial charge is 0.363 e. The van der Waals surface area contributed by atoms with Gasteiger partial charge in [-0.2, -0.15) is 13.2 Å². The van der Waals surface area contributed by atoms with Crippen molar-refractivity contribution in [3.05, 3.63) is 45.2 Å². The summed E-state index contributed by atoms with van der Waals surface area (Å²) in [5.74, 6) is -0.269. The number of alkyl halides is 3. The van der Waals surface area contributed by atoms with Gasteiger partial charge in [0.15, 0.2) is 0 Å². The van der Waals surface area contributed by atoms with Gasteiger partial charge in [-0.3, -0.25) is 10.1 Å². The van der Waals surface area contributed by atoms with Gasteiger partial charge in [0.2, 0.25) is 11.6 Å². The maximum Gasteiger partial charge on any atom is 0.416 e. The molecule has 0 unspecified atom stereocenters. The van der Waals surface area contributed by atoms with E-state index in [2.05, 4.69) is 25.5 Å². The first-order chi connectivity index (χ1) is 14.3. The highest BCUT2D eigenvalue weighted by Gasteiger charge is 2.31. The largest absolute Gasteiger partial charge is 0.416 e. The number of piperidine rings is 1. The monoisotopic (exact) mass is 444 g/mol. The summed E-state index contributed by atoms with van der Waals surface area (Å²) in [6, 6.07) is 2.67. The second-order valence-electron chi connectivity index (χ2n) is 6.82. The summed E-state index contributed by atoms with van der Waals surface area (Å²) in [6.07, 6.45) is -0.0345. The van der Waals surface area contributed by atoms with Crippen LogP contribution in [-0.2, 0) is 6.18 Å². The molecule has 0 saturated carbocycles. The number of anilines is 3. The molecule has 1 fully saturated rings. The van der Waals surface area contributed by atoms with Crippen LogP contribution in [0.5, 0.6) is 0 Å². The van der Waals surface area contributed by atoms with E-state index in [1.54, 1.807) is 0 Å². The lowest BCUT2D eigenvalue weighted by molar-refractivity contribution is -0.383. The molecule has 3 rings (SSSR count). The summed E-state index contributed by atoms with van der Waals surface area (Å²) < 4.78 is 39.0. The second kappa shape index (κ2) is 9.43. The zero-order valence-corrected chi connectivity index (χ0v) is 16.6. The number of nitrogens with one attached hydrogen (secondary N) is 2. The van der Waals surface area contributed by atoms with Gasteiger partial charge < -0.3 is 15.5 Å². The molecule has 0 bridgehead atoms. The molecule has 1 aromatic carbocycles. The second-order valence-corrected chi connectivity index (χ2v) is 7.23. The van der Waals surface area contributed by atoms with Crippen molar-refractivity contribution in [2.24, 2.45) is 0 Å². The topological polar surface area (TPSA) is 96.2 Å². The summed E-state index contributed by atoms with van der Waals surface area (Å²) in [5, 5.41) is 17.1. The van der Waals surface area contributed by atoms with Crippen molar-refractivity contribution < 1.29 is 18.1 Å². The van der Waals surface area contributed by atoms with E-state index in [1.165, 1.54) is 6.42 Å². The van der Waals surface area contributed by atoms with Crippen LogP contribution >= 0.6 is 11.6 Å². The number of benzene rings is 1. The SMILES string of the molecule is O=[N+]([O-])c1c(NCCN2CCCCC2)ncnc1Nc1cc(C(F)(F)F)ccc1Cl. The van der Waals surface area contributed by atoms with Crippen LogP contribution in [0.15, 0.2) is 24.5 Å². The molecule has 0 atom stereocenters. The molecule has 2 N–H and O–H groups in total. The summed E-state index contributed by atoms with van der Waals surface area (Å²) in [4.78, 5) is 21.0. The average molecular weight is 445 g/mol. The van der Waals surface area contributed by atoms with E-state index in [0.29, 0.717) is 13.1 Å². The van der Waals surface area contributed by atoms with Gasteiger partial charge in [-0.05, 0) is 44.1 Å². The first-order valence-electron chi connectivity index (χ1n) is 9.35. The Morgan fingerprint density at radius 1 is 1.17 bits per heavy atom. The maximum absolute atomic E-state index is 13.0. The molecule has 30 heavy (non-hydrogen) atoms. The molecular weight excluding hydrogens is 425 g/mol. The van der Waals surface area contributed by atoms with Gasteiger partial charge in [-0.1, -0.05) is 18.0 Å². The van der Waals surface area contributed by atoms with Gasteiger partial charge in [0.25, 0.3) is 0 Å². The Kier molecular flexibility index (Phi) is 6.93. The Balaban J connectivity index is 1.80. The van der Waals surface area contributed by atoms with Crippen molar-refractivity contribution in [3.8, 4) is 0 Å². The lowest BCUT2D eigenvalue weighted by atomic mass is 10.1. The molecule has 162 valence electrons. The molecule has 12 heteroatoms. The molecule has 2 heterocycles. The molecule has 0 radical (unpaired) electrons. The maximum atomic E-state index is 13.0.